The maximum Gasteiger partial charge on any atom is 0.240 e. The first-order valence-electron chi connectivity index (χ1n) is 6.64. The van der Waals surface area contributed by atoms with Gasteiger partial charge in [0, 0.05) is 18.9 Å². The van der Waals surface area contributed by atoms with Gasteiger partial charge >= 0.3 is 0 Å². The number of rotatable bonds is 7. The number of hydrogen-bond acceptors (Lipinski definition) is 3. The lowest BCUT2D eigenvalue weighted by Crippen LogP contribution is -2.25. The Hall–Kier alpha value is -1.20. The molecule has 0 radical (unpaired) electrons. The minimum Gasteiger partial charge on any atom is -0.299 e. The largest absolute Gasteiger partial charge is 0.299 e. The van der Waals surface area contributed by atoms with Crippen LogP contribution in [0.3, 0.4) is 0 Å². The van der Waals surface area contributed by atoms with Gasteiger partial charge in [-0.25, -0.2) is 13.1 Å². The summed E-state index contributed by atoms with van der Waals surface area (Å²) in [5.41, 5.74) is 0.865. The number of nitrogens with one attached hydrogen (secondary N) is 1. The molecule has 1 N–H and O–H groups in total. The van der Waals surface area contributed by atoms with E-state index in [0.717, 1.165) is 24.8 Å². The van der Waals surface area contributed by atoms with Gasteiger partial charge in [0.2, 0.25) is 10.0 Å². The Morgan fingerprint density at radius 3 is 2.42 bits per heavy atom. The van der Waals surface area contributed by atoms with Gasteiger partial charge in [-0.15, -0.1) is 0 Å². The van der Waals surface area contributed by atoms with Gasteiger partial charge in [0.25, 0.3) is 0 Å². The van der Waals surface area contributed by atoms with E-state index in [4.69, 9.17) is 0 Å². The number of carbonyl (C=O) groups is 1. The van der Waals surface area contributed by atoms with E-state index in [9.17, 15) is 13.2 Å². The van der Waals surface area contributed by atoms with E-state index >= 15 is 0 Å². The zero-order valence-electron chi connectivity index (χ0n) is 11.1. The van der Waals surface area contributed by atoms with Crippen molar-refractivity contribution in [2.24, 2.45) is 0 Å². The van der Waals surface area contributed by atoms with Gasteiger partial charge < -0.3 is 0 Å². The lowest BCUT2D eigenvalue weighted by Gasteiger charge is -2.06. The van der Waals surface area contributed by atoms with Crippen molar-refractivity contribution >= 4 is 15.8 Å². The number of benzene rings is 1. The van der Waals surface area contributed by atoms with Crippen LogP contribution >= 0.6 is 0 Å². The molecule has 1 aromatic carbocycles. The van der Waals surface area contributed by atoms with Gasteiger partial charge in [-0.2, -0.15) is 0 Å². The predicted molar refractivity (Wildman–Crippen MR) is 73.4 cm³/mol. The fourth-order valence-electron chi connectivity index (χ4n) is 1.87. The SMILES string of the molecule is CCCC(=O)Cc1ccc(S(=O)(=O)NC2CC2)cc1. The maximum absolute atomic E-state index is 11.9. The first kappa shape index (κ1) is 14.2. The second-order valence-corrected chi connectivity index (χ2v) is 6.72. The van der Waals surface area contributed by atoms with Crippen molar-refractivity contribution < 1.29 is 13.2 Å². The quantitative estimate of drug-likeness (QED) is 0.832. The fourth-order valence-corrected chi connectivity index (χ4v) is 3.18. The molecule has 2 rings (SSSR count). The molecule has 0 atom stereocenters. The molecule has 0 aliphatic heterocycles. The molecule has 104 valence electrons. The van der Waals surface area contributed by atoms with Crippen LogP contribution < -0.4 is 4.72 Å². The van der Waals surface area contributed by atoms with Crippen LogP contribution in [0, 0.1) is 0 Å². The number of hydrogen-bond donors (Lipinski definition) is 1. The van der Waals surface area contributed by atoms with Crippen LogP contribution in [0.5, 0.6) is 0 Å². The molecule has 1 aromatic rings. The van der Waals surface area contributed by atoms with E-state index < -0.39 is 10.0 Å². The summed E-state index contributed by atoms with van der Waals surface area (Å²) in [6.07, 6.45) is 3.63. The average Bonchev–Trinajstić information content (AvgIpc) is 3.13. The van der Waals surface area contributed by atoms with E-state index in [1.807, 2.05) is 6.92 Å². The molecule has 0 bridgehead atoms. The van der Waals surface area contributed by atoms with Crippen molar-refractivity contribution in [2.45, 2.75) is 50.0 Å². The van der Waals surface area contributed by atoms with Gasteiger partial charge in [-0.1, -0.05) is 19.1 Å². The molecule has 0 unspecified atom stereocenters. The fraction of sp³-hybridized carbons (Fsp3) is 0.500. The Labute approximate surface area is 114 Å². The summed E-state index contributed by atoms with van der Waals surface area (Å²) in [7, 11) is -3.39. The Bertz CT molecular complexity index is 545. The minimum atomic E-state index is -3.39. The summed E-state index contributed by atoms with van der Waals surface area (Å²) in [4.78, 5) is 11.8. The summed E-state index contributed by atoms with van der Waals surface area (Å²) >= 11 is 0. The van der Waals surface area contributed by atoms with Crippen molar-refractivity contribution in [3.63, 3.8) is 0 Å². The third kappa shape index (κ3) is 4.14. The third-order valence-electron chi connectivity index (χ3n) is 3.06. The zero-order chi connectivity index (χ0) is 13.9. The first-order valence-corrected chi connectivity index (χ1v) is 8.12. The van der Waals surface area contributed by atoms with Gasteiger partial charge in [0.05, 0.1) is 4.90 Å². The zero-order valence-corrected chi connectivity index (χ0v) is 11.9. The van der Waals surface area contributed by atoms with Crippen LogP contribution in [0.4, 0.5) is 0 Å². The molecule has 1 fully saturated rings. The molecular weight excluding hydrogens is 262 g/mol. The predicted octanol–water partition coefficient (Wildman–Crippen LogP) is 2.04. The molecule has 0 aromatic heterocycles. The topological polar surface area (TPSA) is 63.2 Å². The van der Waals surface area contributed by atoms with Gasteiger partial charge in [-0.05, 0) is 37.0 Å². The van der Waals surface area contributed by atoms with E-state index in [1.54, 1.807) is 24.3 Å². The van der Waals surface area contributed by atoms with Crippen molar-refractivity contribution in [1.29, 1.82) is 0 Å². The van der Waals surface area contributed by atoms with Crippen LogP contribution in [0.1, 0.15) is 38.2 Å². The second-order valence-electron chi connectivity index (χ2n) is 5.00. The molecule has 1 aliphatic carbocycles. The molecule has 5 heteroatoms. The molecule has 19 heavy (non-hydrogen) atoms. The molecule has 1 saturated carbocycles. The smallest absolute Gasteiger partial charge is 0.240 e. The van der Waals surface area contributed by atoms with Gasteiger partial charge in [-0.3, -0.25) is 4.79 Å². The maximum atomic E-state index is 11.9. The molecule has 1 aliphatic rings. The molecule has 0 heterocycles. The standard InChI is InChI=1S/C14H19NO3S/c1-2-3-13(16)10-11-4-8-14(9-5-11)19(17,18)15-12-6-7-12/h4-5,8-9,12,15H,2-3,6-7,10H2,1H3. The Balaban J connectivity index is 2.03. The highest BCUT2D eigenvalue weighted by atomic mass is 32.2. The summed E-state index contributed by atoms with van der Waals surface area (Å²) in [5, 5.41) is 0. The van der Waals surface area contributed by atoms with E-state index in [1.165, 1.54) is 0 Å². The van der Waals surface area contributed by atoms with Gasteiger partial charge in [0.1, 0.15) is 5.78 Å². The highest BCUT2D eigenvalue weighted by molar-refractivity contribution is 7.89. The highest BCUT2D eigenvalue weighted by Gasteiger charge is 2.27. The van der Waals surface area contributed by atoms with Crippen LogP contribution in [-0.2, 0) is 21.2 Å². The molecular formula is C14H19NO3S. The van der Waals surface area contributed by atoms with E-state index in [-0.39, 0.29) is 16.7 Å². The summed E-state index contributed by atoms with van der Waals surface area (Å²) in [6.45, 7) is 1.97. The lowest BCUT2D eigenvalue weighted by atomic mass is 10.1. The first-order chi connectivity index (χ1) is 9.01. The van der Waals surface area contributed by atoms with E-state index in [0.29, 0.717) is 12.8 Å². The highest BCUT2D eigenvalue weighted by Crippen LogP contribution is 2.22. The summed E-state index contributed by atoms with van der Waals surface area (Å²) in [6, 6.07) is 6.68. The third-order valence-corrected chi connectivity index (χ3v) is 4.60. The minimum absolute atomic E-state index is 0.107. The molecule has 4 nitrogen and oxygen atoms in total. The average molecular weight is 281 g/mol. The van der Waals surface area contributed by atoms with Gasteiger partial charge in [0.15, 0.2) is 0 Å². The van der Waals surface area contributed by atoms with Crippen LogP contribution in [0.2, 0.25) is 0 Å². The molecule has 0 amide bonds. The summed E-state index contributed by atoms with van der Waals surface area (Å²) < 4.78 is 26.5. The lowest BCUT2D eigenvalue weighted by molar-refractivity contribution is -0.118. The van der Waals surface area contributed by atoms with Crippen LogP contribution in [0.25, 0.3) is 0 Å². The number of ketones is 1. The van der Waals surface area contributed by atoms with Crippen LogP contribution in [0.15, 0.2) is 29.2 Å². The Morgan fingerprint density at radius 2 is 1.89 bits per heavy atom. The number of sulfonamides is 1. The Morgan fingerprint density at radius 1 is 1.26 bits per heavy atom. The number of carbonyl (C=O) groups excluding carboxylic acids is 1. The van der Waals surface area contributed by atoms with Crippen molar-refractivity contribution in [3.05, 3.63) is 29.8 Å². The van der Waals surface area contributed by atoms with E-state index in [2.05, 4.69) is 4.72 Å². The molecule has 0 saturated heterocycles. The normalized spacial score (nSPS) is 15.4. The monoisotopic (exact) mass is 281 g/mol. The summed E-state index contributed by atoms with van der Waals surface area (Å²) in [5.74, 6) is 0.189. The second kappa shape index (κ2) is 5.84. The van der Waals surface area contributed by atoms with Crippen LogP contribution in [-0.4, -0.2) is 20.2 Å². The van der Waals surface area contributed by atoms with Crippen molar-refractivity contribution in [1.82, 2.24) is 4.72 Å². The van der Waals surface area contributed by atoms with Crippen molar-refractivity contribution in [3.8, 4) is 0 Å². The number of Topliss-reactive ketones (excluding diaryl/α,β-unsaturated/α-hetero) is 1. The Kier molecular flexibility index (Phi) is 4.37. The molecule has 0 spiro atoms. The van der Waals surface area contributed by atoms with Crippen molar-refractivity contribution in [2.75, 3.05) is 0 Å².